The minimum atomic E-state index is -0.791. The second-order valence-corrected chi connectivity index (χ2v) is 4.78. The number of hydrogen-bond acceptors (Lipinski definition) is 5. The first-order valence-electron chi connectivity index (χ1n) is 6.32. The van der Waals surface area contributed by atoms with Crippen molar-refractivity contribution in [2.24, 2.45) is 0 Å². The van der Waals surface area contributed by atoms with Crippen LogP contribution < -0.4 is 5.32 Å². The number of rotatable bonds is 5. The number of benzene rings is 1. The summed E-state index contributed by atoms with van der Waals surface area (Å²) in [6.07, 6.45) is 0.638. The lowest BCUT2D eigenvalue weighted by molar-refractivity contribution is 0.0268. The molecule has 0 spiro atoms. The first kappa shape index (κ1) is 14.0. The Balaban J connectivity index is 1.94. The highest BCUT2D eigenvalue weighted by Gasteiger charge is 2.31. The molecule has 5 heteroatoms. The molecule has 1 aromatic carbocycles. The Morgan fingerprint density at radius 3 is 3.00 bits per heavy atom. The van der Waals surface area contributed by atoms with Crippen molar-refractivity contribution >= 4 is 5.97 Å². The molecule has 2 rings (SSSR count). The van der Waals surface area contributed by atoms with Crippen molar-refractivity contribution in [1.82, 2.24) is 5.32 Å². The maximum absolute atomic E-state index is 11.6. The van der Waals surface area contributed by atoms with Gasteiger partial charge in [-0.3, -0.25) is 0 Å². The van der Waals surface area contributed by atoms with Gasteiger partial charge in [-0.25, -0.2) is 4.79 Å². The van der Waals surface area contributed by atoms with Crippen LogP contribution >= 0.6 is 0 Å². The molecule has 1 unspecified atom stereocenters. The molecule has 1 aliphatic rings. The van der Waals surface area contributed by atoms with Crippen LogP contribution in [0.3, 0.4) is 0 Å². The van der Waals surface area contributed by atoms with Crippen molar-refractivity contribution in [3.8, 4) is 0 Å². The van der Waals surface area contributed by atoms with E-state index in [0.717, 1.165) is 5.56 Å². The molecule has 1 heterocycles. The van der Waals surface area contributed by atoms with E-state index in [0.29, 0.717) is 38.3 Å². The van der Waals surface area contributed by atoms with Crippen LogP contribution in [-0.4, -0.2) is 43.5 Å². The fourth-order valence-electron chi connectivity index (χ4n) is 2.15. The third-order valence-electron chi connectivity index (χ3n) is 3.27. The summed E-state index contributed by atoms with van der Waals surface area (Å²) in [7, 11) is 1.37. The summed E-state index contributed by atoms with van der Waals surface area (Å²) >= 11 is 0. The van der Waals surface area contributed by atoms with Gasteiger partial charge >= 0.3 is 5.97 Å². The molecule has 5 nitrogen and oxygen atoms in total. The molecule has 1 fully saturated rings. The van der Waals surface area contributed by atoms with E-state index in [4.69, 9.17) is 9.47 Å². The van der Waals surface area contributed by atoms with Crippen LogP contribution in [0.1, 0.15) is 22.3 Å². The van der Waals surface area contributed by atoms with Crippen molar-refractivity contribution < 1.29 is 19.4 Å². The van der Waals surface area contributed by atoms with Crippen molar-refractivity contribution in [2.45, 2.75) is 18.6 Å². The summed E-state index contributed by atoms with van der Waals surface area (Å²) in [6.45, 7) is 1.91. The van der Waals surface area contributed by atoms with Gasteiger partial charge in [0.05, 0.1) is 19.3 Å². The fraction of sp³-hybridized carbons (Fsp3) is 0.500. The average molecular weight is 265 g/mol. The third kappa shape index (κ3) is 3.53. The van der Waals surface area contributed by atoms with E-state index in [1.54, 1.807) is 12.1 Å². The van der Waals surface area contributed by atoms with Gasteiger partial charge in [-0.15, -0.1) is 0 Å². The molecule has 19 heavy (non-hydrogen) atoms. The van der Waals surface area contributed by atoms with E-state index in [1.165, 1.54) is 7.11 Å². The van der Waals surface area contributed by atoms with Gasteiger partial charge in [0.15, 0.2) is 0 Å². The second-order valence-electron chi connectivity index (χ2n) is 4.78. The number of carbonyl (C=O) groups excluding carboxylic acids is 1. The molecule has 1 aliphatic heterocycles. The summed E-state index contributed by atoms with van der Waals surface area (Å²) in [5, 5.41) is 13.3. The highest BCUT2D eigenvalue weighted by molar-refractivity contribution is 5.90. The standard InChI is InChI=1S/C14H19NO4/c1-18-13(16)12-5-3-2-4-11(12)8-15-9-14(17)6-7-19-10-14/h2-5,15,17H,6-10H2,1H3. The average Bonchev–Trinajstić information content (AvgIpc) is 2.85. The SMILES string of the molecule is COC(=O)c1ccccc1CNCC1(O)CCOC1. The Morgan fingerprint density at radius 1 is 1.53 bits per heavy atom. The van der Waals surface area contributed by atoms with E-state index in [-0.39, 0.29) is 5.97 Å². The zero-order chi connectivity index (χ0) is 13.7. The Hall–Kier alpha value is -1.43. The van der Waals surface area contributed by atoms with Gasteiger partial charge in [-0.1, -0.05) is 18.2 Å². The van der Waals surface area contributed by atoms with Crippen LogP contribution in [0.25, 0.3) is 0 Å². The molecule has 0 aliphatic carbocycles. The Labute approximate surface area is 112 Å². The van der Waals surface area contributed by atoms with Crippen LogP contribution in [0.2, 0.25) is 0 Å². The maximum Gasteiger partial charge on any atom is 0.338 e. The summed E-state index contributed by atoms with van der Waals surface area (Å²) in [4.78, 5) is 11.6. The number of ether oxygens (including phenoxy) is 2. The lowest BCUT2D eigenvalue weighted by Crippen LogP contribution is -2.40. The lowest BCUT2D eigenvalue weighted by atomic mass is 10.0. The van der Waals surface area contributed by atoms with E-state index in [2.05, 4.69) is 5.32 Å². The number of hydrogen-bond donors (Lipinski definition) is 2. The van der Waals surface area contributed by atoms with Gasteiger partial charge in [0.1, 0.15) is 5.60 Å². The summed E-state index contributed by atoms with van der Waals surface area (Å²) in [5.41, 5.74) is 0.615. The predicted molar refractivity (Wildman–Crippen MR) is 69.9 cm³/mol. The highest BCUT2D eigenvalue weighted by atomic mass is 16.5. The zero-order valence-corrected chi connectivity index (χ0v) is 11.0. The molecule has 0 radical (unpaired) electrons. The van der Waals surface area contributed by atoms with E-state index in [1.807, 2.05) is 12.1 Å². The molecule has 1 atom stereocenters. The van der Waals surface area contributed by atoms with Crippen LogP contribution in [-0.2, 0) is 16.0 Å². The van der Waals surface area contributed by atoms with E-state index < -0.39 is 5.60 Å². The molecule has 0 saturated carbocycles. The Morgan fingerprint density at radius 2 is 2.32 bits per heavy atom. The van der Waals surface area contributed by atoms with Gasteiger partial charge in [0, 0.05) is 26.1 Å². The van der Waals surface area contributed by atoms with Crippen LogP contribution in [0.5, 0.6) is 0 Å². The van der Waals surface area contributed by atoms with Gasteiger partial charge < -0.3 is 19.9 Å². The number of carbonyl (C=O) groups is 1. The van der Waals surface area contributed by atoms with Crippen LogP contribution in [0, 0.1) is 0 Å². The Kier molecular flexibility index (Phi) is 4.52. The maximum atomic E-state index is 11.6. The zero-order valence-electron chi connectivity index (χ0n) is 11.0. The summed E-state index contributed by atoms with van der Waals surface area (Å²) in [5.74, 6) is -0.347. The van der Waals surface area contributed by atoms with Gasteiger partial charge in [0.2, 0.25) is 0 Å². The lowest BCUT2D eigenvalue weighted by Gasteiger charge is -2.21. The molecule has 0 bridgehead atoms. The summed E-state index contributed by atoms with van der Waals surface area (Å²) < 4.78 is 9.92. The largest absolute Gasteiger partial charge is 0.465 e. The number of methoxy groups -OCH3 is 1. The van der Waals surface area contributed by atoms with Gasteiger partial charge in [-0.05, 0) is 11.6 Å². The topological polar surface area (TPSA) is 67.8 Å². The van der Waals surface area contributed by atoms with Gasteiger partial charge in [0.25, 0.3) is 0 Å². The molecule has 0 amide bonds. The molecule has 0 aromatic heterocycles. The first-order valence-corrected chi connectivity index (χ1v) is 6.32. The normalized spacial score (nSPS) is 22.4. The first-order chi connectivity index (χ1) is 9.14. The highest BCUT2D eigenvalue weighted by Crippen LogP contribution is 2.17. The van der Waals surface area contributed by atoms with Crippen molar-refractivity contribution in [3.63, 3.8) is 0 Å². The smallest absolute Gasteiger partial charge is 0.338 e. The minimum Gasteiger partial charge on any atom is -0.465 e. The molecule has 104 valence electrons. The third-order valence-corrected chi connectivity index (χ3v) is 3.27. The monoisotopic (exact) mass is 265 g/mol. The summed E-state index contributed by atoms with van der Waals surface area (Å²) in [6, 6.07) is 7.27. The minimum absolute atomic E-state index is 0.347. The predicted octanol–water partition coefficient (Wildman–Crippen LogP) is 0.714. The van der Waals surface area contributed by atoms with E-state index in [9.17, 15) is 9.90 Å². The second kappa shape index (κ2) is 6.14. The molecule has 1 saturated heterocycles. The van der Waals surface area contributed by atoms with Crippen LogP contribution in [0.4, 0.5) is 0 Å². The fourth-order valence-corrected chi connectivity index (χ4v) is 2.15. The molecular weight excluding hydrogens is 246 g/mol. The number of esters is 1. The molecule has 2 N–H and O–H groups in total. The number of aliphatic hydroxyl groups is 1. The van der Waals surface area contributed by atoms with Crippen molar-refractivity contribution in [1.29, 1.82) is 0 Å². The van der Waals surface area contributed by atoms with Crippen molar-refractivity contribution in [3.05, 3.63) is 35.4 Å². The quantitative estimate of drug-likeness (QED) is 0.768. The Bertz CT molecular complexity index is 441. The molecule has 1 aromatic rings. The molecular formula is C14H19NO4. The van der Waals surface area contributed by atoms with E-state index >= 15 is 0 Å². The van der Waals surface area contributed by atoms with Crippen molar-refractivity contribution in [2.75, 3.05) is 26.9 Å². The van der Waals surface area contributed by atoms with Gasteiger partial charge in [-0.2, -0.15) is 0 Å². The number of nitrogens with one attached hydrogen (secondary N) is 1. The van der Waals surface area contributed by atoms with Crippen LogP contribution in [0.15, 0.2) is 24.3 Å².